The first-order valence-corrected chi connectivity index (χ1v) is 11.8. The predicted octanol–water partition coefficient (Wildman–Crippen LogP) is 0.939. The maximum absolute atomic E-state index is 12.5. The first-order valence-electron chi connectivity index (χ1n) is 8.04. The van der Waals surface area contributed by atoms with E-state index in [1.165, 1.54) is 16.4 Å². The highest BCUT2D eigenvalue weighted by Crippen LogP contribution is 2.21. The van der Waals surface area contributed by atoms with Gasteiger partial charge in [0, 0.05) is 19.3 Å². The Morgan fingerprint density at radius 3 is 2.28 bits per heavy atom. The van der Waals surface area contributed by atoms with Crippen molar-refractivity contribution in [2.75, 3.05) is 25.6 Å². The average Bonchev–Trinajstić information content (AvgIpc) is 2.53. The number of nitrogens with one attached hydrogen (secondary N) is 1. The molecule has 1 N–H and O–H groups in total. The zero-order chi connectivity index (χ0) is 18.8. The highest BCUT2D eigenvalue weighted by atomic mass is 32.2. The Bertz CT molecular complexity index is 832. The smallest absolute Gasteiger partial charge is 0.224 e. The topological polar surface area (TPSA) is 101 Å². The van der Waals surface area contributed by atoms with Crippen LogP contribution in [-0.2, 0) is 24.7 Å². The van der Waals surface area contributed by atoms with Gasteiger partial charge in [-0.1, -0.05) is 12.1 Å². The minimum Gasteiger partial charge on any atom is -0.349 e. The molecule has 9 heteroatoms. The van der Waals surface area contributed by atoms with E-state index in [9.17, 15) is 21.6 Å². The highest BCUT2D eigenvalue weighted by molar-refractivity contribution is 7.90. The summed E-state index contributed by atoms with van der Waals surface area (Å²) in [5, 5.41) is 2.89. The van der Waals surface area contributed by atoms with Crippen molar-refractivity contribution in [2.24, 2.45) is 5.92 Å². The molecule has 1 aromatic rings. The van der Waals surface area contributed by atoms with Crippen molar-refractivity contribution in [2.45, 2.75) is 30.7 Å². The van der Waals surface area contributed by atoms with Crippen molar-refractivity contribution in [3.8, 4) is 0 Å². The number of carbonyl (C=O) groups excluding carboxylic acids is 1. The molecule has 0 radical (unpaired) electrons. The van der Waals surface area contributed by atoms with E-state index in [0.717, 1.165) is 18.1 Å². The quantitative estimate of drug-likeness (QED) is 0.809. The fourth-order valence-corrected chi connectivity index (χ4v) is 4.42. The van der Waals surface area contributed by atoms with Crippen LogP contribution in [0, 0.1) is 5.92 Å². The summed E-state index contributed by atoms with van der Waals surface area (Å²) >= 11 is 0. The molecule has 1 saturated heterocycles. The molecule has 2 rings (SSSR count). The van der Waals surface area contributed by atoms with E-state index in [-0.39, 0.29) is 29.3 Å². The lowest BCUT2D eigenvalue weighted by Crippen LogP contribution is -2.45. The Balaban J connectivity index is 2.02. The maximum atomic E-state index is 12.5. The molecule has 0 aliphatic carbocycles. The van der Waals surface area contributed by atoms with Crippen molar-refractivity contribution in [3.63, 3.8) is 0 Å². The fraction of sp³-hybridized carbons (Fsp3) is 0.562. The van der Waals surface area contributed by atoms with E-state index in [0.29, 0.717) is 19.4 Å². The van der Waals surface area contributed by atoms with Gasteiger partial charge >= 0.3 is 0 Å². The third kappa shape index (κ3) is 5.26. The Morgan fingerprint density at radius 2 is 1.76 bits per heavy atom. The number of sulfone groups is 1. The van der Waals surface area contributed by atoms with E-state index in [4.69, 9.17) is 0 Å². The maximum Gasteiger partial charge on any atom is 0.224 e. The minimum absolute atomic E-state index is 0.187. The molecule has 1 heterocycles. The number of rotatable bonds is 5. The lowest BCUT2D eigenvalue weighted by Gasteiger charge is -2.30. The van der Waals surface area contributed by atoms with Crippen LogP contribution in [0.2, 0.25) is 0 Å². The molecule has 25 heavy (non-hydrogen) atoms. The Morgan fingerprint density at radius 1 is 1.16 bits per heavy atom. The van der Waals surface area contributed by atoms with Gasteiger partial charge in [0.05, 0.1) is 23.1 Å². The van der Waals surface area contributed by atoms with Crippen LogP contribution < -0.4 is 5.32 Å². The Kier molecular flexibility index (Phi) is 5.90. The summed E-state index contributed by atoms with van der Waals surface area (Å²) in [5.74, 6) is -0.561. The second-order valence-corrected chi connectivity index (χ2v) is 10.5. The molecule has 0 bridgehead atoms. The highest BCUT2D eigenvalue weighted by Gasteiger charge is 2.30. The third-order valence-electron chi connectivity index (χ3n) is 4.39. The zero-order valence-corrected chi connectivity index (χ0v) is 16.2. The van der Waals surface area contributed by atoms with Crippen molar-refractivity contribution < 1.29 is 21.6 Å². The van der Waals surface area contributed by atoms with Gasteiger partial charge in [0.25, 0.3) is 0 Å². The molecule has 1 aliphatic rings. The predicted molar refractivity (Wildman–Crippen MR) is 95.3 cm³/mol. The van der Waals surface area contributed by atoms with E-state index in [1.807, 2.05) is 6.92 Å². The SMILES string of the molecule is C[C@H](NC(=O)[C@H]1CCCN(S(C)(=O)=O)C1)c1ccc(S(C)(=O)=O)cc1. The number of nitrogens with zero attached hydrogens (tertiary/aromatic N) is 1. The Labute approximate surface area is 149 Å². The number of hydrogen-bond donors (Lipinski definition) is 1. The van der Waals surface area contributed by atoms with Crippen molar-refractivity contribution in [1.29, 1.82) is 0 Å². The normalized spacial score (nSPS) is 20.8. The molecular weight excluding hydrogens is 364 g/mol. The van der Waals surface area contributed by atoms with Crippen LogP contribution in [0.25, 0.3) is 0 Å². The molecule has 0 aromatic heterocycles. The average molecular weight is 389 g/mol. The van der Waals surface area contributed by atoms with Gasteiger partial charge in [0.15, 0.2) is 9.84 Å². The second kappa shape index (κ2) is 7.43. The van der Waals surface area contributed by atoms with Crippen LogP contribution in [0.4, 0.5) is 0 Å². The molecule has 2 atom stereocenters. The van der Waals surface area contributed by atoms with E-state index < -0.39 is 19.9 Å². The van der Waals surface area contributed by atoms with E-state index >= 15 is 0 Å². The number of piperidine rings is 1. The molecule has 0 spiro atoms. The third-order valence-corrected chi connectivity index (χ3v) is 6.79. The number of hydrogen-bond acceptors (Lipinski definition) is 5. The molecule has 0 saturated carbocycles. The minimum atomic E-state index is -3.30. The van der Waals surface area contributed by atoms with Crippen LogP contribution in [0.1, 0.15) is 31.4 Å². The van der Waals surface area contributed by atoms with Gasteiger partial charge in [-0.25, -0.2) is 21.1 Å². The number of amides is 1. The van der Waals surface area contributed by atoms with Gasteiger partial charge in [0.1, 0.15) is 0 Å². The number of sulfonamides is 1. The number of carbonyl (C=O) groups is 1. The summed E-state index contributed by atoms with van der Waals surface area (Å²) in [7, 11) is -6.55. The van der Waals surface area contributed by atoms with Gasteiger partial charge in [0.2, 0.25) is 15.9 Å². The van der Waals surface area contributed by atoms with Gasteiger partial charge in [-0.3, -0.25) is 4.79 Å². The summed E-state index contributed by atoms with van der Waals surface area (Å²) in [5.41, 5.74) is 0.788. The van der Waals surface area contributed by atoms with Gasteiger partial charge in [-0.05, 0) is 37.5 Å². The summed E-state index contributed by atoms with van der Waals surface area (Å²) < 4.78 is 47.6. The van der Waals surface area contributed by atoms with Crippen LogP contribution in [-0.4, -0.2) is 52.6 Å². The van der Waals surface area contributed by atoms with Crippen molar-refractivity contribution >= 4 is 25.8 Å². The standard InChI is InChI=1S/C16H24N2O5S2/c1-12(13-6-8-15(9-7-13)24(2,20)21)17-16(19)14-5-4-10-18(11-14)25(3,22)23/h6-9,12,14H,4-5,10-11H2,1-3H3,(H,17,19)/t12-,14-/m0/s1. The van der Waals surface area contributed by atoms with E-state index in [2.05, 4.69) is 5.32 Å². The van der Waals surface area contributed by atoms with Gasteiger partial charge in [-0.15, -0.1) is 0 Å². The molecule has 1 amide bonds. The Hall–Kier alpha value is -1.45. The summed E-state index contributed by atoms with van der Waals surface area (Å²) in [4.78, 5) is 12.7. The van der Waals surface area contributed by atoms with Crippen LogP contribution >= 0.6 is 0 Å². The van der Waals surface area contributed by atoms with Gasteiger partial charge < -0.3 is 5.32 Å². The lowest BCUT2D eigenvalue weighted by molar-refractivity contribution is -0.126. The van der Waals surface area contributed by atoms with Crippen molar-refractivity contribution in [1.82, 2.24) is 9.62 Å². The van der Waals surface area contributed by atoms with Gasteiger partial charge in [-0.2, -0.15) is 0 Å². The summed E-state index contributed by atoms with van der Waals surface area (Å²) in [6, 6.07) is 6.07. The first kappa shape index (κ1) is 19.9. The molecule has 1 aliphatic heterocycles. The van der Waals surface area contributed by atoms with E-state index in [1.54, 1.807) is 12.1 Å². The van der Waals surface area contributed by atoms with Crippen molar-refractivity contribution in [3.05, 3.63) is 29.8 Å². The number of benzene rings is 1. The molecule has 1 aromatic carbocycles. The fourth-order valence-electron chi connectivity index (χ4n) is 2.88. The summed E-state index contributed by atoms with van der Waals surface area (Å²) in [6.07, 6.45) is 3.60. The molecule has 140 valence electrons. The monoisotopic (exact) mass is 388 g/mol. The molecule has 7 nitrogen and oxygen atoms in total. The second-order valence-electron chi connectivity index (χ2n) is 6.53. The molecular formula is C16H24N2O5S2. The zero-order valence-electron chi connectivity index (χ0n) is 14.6. The van der Waals surface area contributed by atoms with Crippen LogP contribution in [0.3, 0.4) is 0 Å². The lowest BCUT2D eigenvalue weighted by atomic mass is 9.98. The van der Waals surface area contributed by atoms with Crippen LogP contribution in [0.15, 0.2) is 29.2 Å². The molecule has 0 unspecified atom stereocenters. The largest absolute Gasteiger partial charge is 0.349 e. The molecule has 1 fully saturated rings. The van der Waals surface area contributed by atoms with Crippen LogP contribution in [0.5, 0.6) is 0 Å². The first-order chi connectivity index (χ1) is 11.5. The summed E-state index contributed by atoms with van der Waals surface area (Å²) in [6.45, 7) is 2.46.